The second-order valence-electron chi connectivity index (χ2n) is 3.64. The van der Waals surface area contributed by atoms with E-state index in [1.54, 1.807) is 0 Å². The largest absolute Gasteiger partial charge is 0.480 e. The van der Waals surface area contributed by atoms with Gasteiger partial charge in [0.05, 0.1) is 0 Å². The highest BCUT2D eigenvalue weighted by atomic mass is 32.2. The molecule has 4 heteroatoms. The van der Waals surface area contributed by atoms with Crippen LogP contribution in [-0.4, -0.2) is 15.2 Å². The van der Waals surface area contributed by atoms with Crippen LogP contribution in [0.4, 0.5) is 0 Å². The van der Waals surface area contributed by atoms with Crippen LogP contribution in [0.3, 0.4) is 0 Å². The van der Waals surface area contributed by atoms with Crippen LogP contribution in [0, 0.1) is 0 Å². The Balaban J connectivity index is 3.40. The molecule has 0 rings (SSSR count). The van der Waals surface area contributed by atoms with Crippen LogP contribution in [0.25, 0.3) is 0 Å². The van der Waals surface area contributed by atoms with Crippen molar-refractivity contribution in [2.75, 3.05) is 0 Å². The van der Waals surface area contributed by atoms with Crippen LogP contribution in [0.1, 0.15) is 51.9 Å². The maximum Gasteiger partial charge on any atom is 0.329 e. The van der Waals surface area contributed by atoms with E-state index in [1.165, 1.54) is 25.7 Å². The number of hydrogen-bond acceptors (Lipinski definition) is 3. The smallest absolute Gasteiger partial charge is 0.329 e. The Kier molecular flexibility index (Phi) is 7.55. The van der Waals surface area contributed by atoms with Gasteiger partial charge in [-0.1, -0.05) is 45.4 Å². The Bertz CT molecular complexity index is 170. The molecule has 1 N–H and O–H groups in total. The van der Waals surface area contributed by atoms with Gasteiger partial charge in [-0.3, -0.25) is 0 Å². The third-order valence-electron chi connectivity index (χ3n) is 2.22. The number of thiol groups is 2. The number of carboxylic acid groups (broad SMARTS) is 1. The SMILES string of the molecule is CCCCCCCCC(S)(S)C(=O)O. The Labute approximate surface area is 97.3 Å². The number of rotatable bonds is 8. The fourth-order valence-electron chi connectivity index (χ4n) is 1.26. The van der Waals surface area contributed by atoms with E-state index in [1.807, 2.05) is 0 Å². The monoisotopic (exact) mass is 236 g/mol. The molecule has 0 heterocycles. The van der Waals surface area contributed by atoms with Crippen molar-refractivity contribution in [3.05, 3.63) is 0 Å². The summed E-state index contributed by atoms with van der Waals surface area (Å²) in [6, 6.07) is 0. The molecule has 0 aromatic carbocycles. The molecule has 0 fully saturated rings. The van der Waals surface area contributed by atoms with Gasteiger partial charge in [0.1, 0.15) is 0 Å². The lowest BCUT2D eigenvalue weighted by Gasteiger charge is -2.16. The summed E-state index contributed by atoms with van der Waals surface area (Å²) in [5.74, 6) is -0.947. The highest BCUT2D eigenvalue weighted by Crippen LogP contribution is 2.27. The van der Waals surface area contributed by atoms with E-state index >= 15 is 0 Å². The Morgan fingerprint density at radius 2 is 1.64 bits per heavy atom. The topological polar surface area (TPSA) is 37.3 Å². The zero-order valence-corrected chi connectivity index (χ0v) is 10.5. The molecule has 0 spiro atoms. The van der Waals surface area contributed by atoms with Gasteiger partial charge in [-0.25, -0.2) is 4.79 Å². The first kappa shape index (κ1) is 14.2. The minimum Gasteiger partial charge on any atom is -0.480 e. The van der Waals surface area contributed by atoms with Gasteiger partial charge in [0, 0.05) is 0 Å². The standard InChI is InChI=1S/C10H20O2S2/c1-2-3-4-5-6-7-8-10(13,14)9(11)12/h13-14H,2-8H2,1H3,(H,11,12). The molecule has 0 aliphatic carbocycles. The van der Waals surface area contributed by atoms with Crippen molar-refractivity contribution in [1.29, 1.82) is 0 Å². The van der Waals surface area contributed by atoms with Crippen molar-refractivity contribution in [2.45, 2.75) is 55.9 Å². The summed E-state index contributed by atoms with van der Waals surface area (Å²) in [4.78, 5) is 10.6. The number of hydrogen-bond donors (Lipinski definition) is 3. The zero-order valence-electron chi connectivity index (χ0n) is 8.70. The van der Waals surface area contributed by atoms with E-state index in [4.69, 9.17) is 5.11 Å². The molecule has 0 aromatic rings. The molecule has 0 atom stereocenters. The van der Waals surface area contributed by atoms with Crippen molar-refractivity contribution in [2.24, 2.45) is 0 Å². The second kappa shape index (κ2) is 7.46. The number of carboxylic acids is 1. The van der Waals surface area contributed by atoms with Gasteiger partial charge in [-0.2, -0.15) is 25.3 Å². The fourth-order valence-corrected chi connectivity index (χ4v) is 1.57. The fraction of sp³-hybridized carbons (Fsp3) is 0.900. The van der Waals surface area contributed by atoms with Crippen molar-refractivity contribution in [3.63, 3.8) is 0 Å². The van der Waals surface area contributed by atoms with Crippen LogP contribution < -0.4 is 0 Å². The van der Waals surface area contributed by atoms with E-state index in [0.717, 1.165) is 12.8 Å². The van der Waals surface area contributed by atoms with Gasteiger partial charge in [0.15, 0.2) is 4.08 Å². The predicted molar refractivity (Wildman–Crippen MR) is 66.3 cm³/mol. The van der Waals surface area contributed by atoms with Crippen molar-refractivity contribution in [3.8, 4) is 0 Å². The predicted octanol–water partition coefficient (Wildman–Crippen LogP) is 3.38. The van der Waals surface area contributed by atoms with Crippen LogP contribution in [0.15, 0.2) is 0 Å². The molecule has 14 heavy (non-hydrogen) atoms. The lowest BCUT2D eigenvalue weighted by molar-refractivity contribution is -0.137. The number of aliphatic carboxylic acids is 1. The molecule has 0 aliphatic heterocycles. The van der Waals surface area contributed by atoms with Crippen LogP contribution in [-0.2, 0) is 4.79 Å². The molecule has 0 aromatic heterocycles. The van der Waals surface area contributed by atoms with Crippen LogP contribution in [0.2, 0.25) is 0 Å². The van der Waals surface area contributed by atoms with Gasteiger partial charge < -0.3 is 5.11 Å². The van der Waals surface area contributed by atoms with Gasteiger partial charge in [-0.05, 0) is 6.42 Å². The van der Waals surface area contributed by atoms with Gasteiger partial charge in [0.25, 0.3) is 0 Å². The van der Waals surface area contributed by atoms with Gasteiger partial charge in [0.2, 0.25) is 0 Å². The normalized spacial score (nSPS) is 11.6. The molecule has 0 saturated heterocycles. The molecule has 0 unspecified atom stereocenters. The first-order valence-electron chi connectivity index (χ1n) is 5.19. The summed E-state index contributed by atoms with van der Waals surface area (Å²) >= 11 is 7.98. The molecule has 0 saturated carbocycles. The van der Waals surface area contributed by atoms with E-state index in [2.05, 4.69) is 32.2 Å². The summed E-state index contributed by atoms with van der Waals surface area (Å²) < 4.78 is -1.15. The van der Waals surface area contributed by atoms with E-state index in [-0.39, 0.29) is 0 Å². The van der Waals surface area contributed by atoms with Gasteiger partial charge >= 0.3 is 5.97 Å². The van der Waals surface area contributed by atoms with Crippen molar-refractivity contribution >= 4 is 31.2 Å². The third kappa shape index (κ3) is 6.60. The molecular weight excluding hydrogens is 216 g/mol. The molecule has 2 nitrogen and oxygen atoms in total. The Hall–Kier alpha value is 0.170. The minimum atomic E-state index is -1.15. The van der Waals surface area contributed by atoms with Crippen molar-refractivity contribution in [1.82, 2.24) is 0 Å². The maximum atomic E-state index is 10.6. The number of carbonyl (C=O) groups is 1. The summed E-state index contributed by atoms with van der Waals surface area (Å²) in [5.41, 5.74) is 0. The van der Waals surface area contributed by atoms with Crippen LogP contribution >= 0.6 is 25.3 Å². The molecular formula is C10H20O2S2. The lowest BCUT2D eigenvalue weighted by atomic mass is 10.1. The molecule has 0 amide bonds. The first-order valence-corrected chi connectivity index (χ1v) is 6.08. The summed E-state index contributed by atoms with van der Waals surface area (Å²) in [6.45, 7) is 2.18. The first-order chi connectivity index (χ1) is 6.50. The number of unbranched alkanes of at least 4 members (excludes halogenated alkanes) is 5. The minimum absolute atomic E-state index is 0.528. The highest BCUT2D eigenvalue weighted by Gasteiger charge is 2.28. The van der Waals surface area contributed by atoms with Crippen molar-refractivity contribution < 1.29 is 9.90 Å². The second-order valence-corrected chi connectivity index (χ2v) is 5.52. The average Bonchev–Trinajstić information content (AvgIpc) is 2.10. The Morgan fingerprint density at radius 3 is 2.14 bits per heavy atom. The highest BCUT2D eigenvalue weighted by molar-refractivity contribution is 8.01. The van der Waals surface area contributed by atoms with Gasteiger partial charge in [-0.15, -0.1) is 0 Å². The molecule has 0 aliphatic rings. The average molecular weight is 236 g/mol. The lowest BCUT2D eigenvalue weighted by Crippen LogP contribution is -2.25. The summed E-state index contributed by atoms with van der Waals surface area (Å²) in [6.07, 6.45) is 7.44. The zero-order chi connectivity index (χ0) is 11.0. The van der Waals surface area contributed by atoms with Crippen LogP contribution in [0.5, 0.6) is 0 Å². The molecule has 0 radical (unpaired) electrons. The third-order valence-corrected chi connectivity index (χ3v) is 3.05. The molecule has 84 valence electrons. The summed E-state index contributed by atoms with van der Waals surface area (Å²) in [7, 11) is 0. The Morgan fingerprint density at radius 1 is 1.14 bits per heavy atom. The van der Waals surface area contributed by atoms with E-state index < -0.39 is 10.0 Å². The molecule has 0 bridgehead atoms. The maximum absolute atomic E-state index is 10.6. The summed E-state index contributed by atoms with van der Waals surface area (Å²) in [5, 5.41) is 8.73. The quantitative estimate of drug-likeness (QED) is 0.343. The van der Waals surface area contributed by atoms with E-state index in [0.29, 0.717) is 6.42 Å². The van der Waals surface area contributed by atoms with E-state index in [9.17, 15) is 4.79 Å².